The number of rotatable bonds is 6. The second-order valence-electron chi connectivity index (χ2n) is 4.89. The van der Waals surface area contributed by atoms with Gasteiger partial charge in [0.1, 0.15) is 0 Å². The summed E-state index contributed by atoms with van der Waals surface area (Å²) in [4.78, 5) is 9.88. The summed E-state index contributed by atoms with van der Waals surface area (Å²) in [7, 11) is 0. The highest BCUT2D eigenvalue weighted by Gasteiger charge is 2.37. The number of hydrogen-bond acceptors (Lipinski definition) is 3. The number of nitro benzene ring substituents is 1. The van der Waals surface area contributed by atoms with Crippen molar-refractivity contribution in [1.29, 1.82) is 0 Å². The molecule has 0 aliphatic heterocycles. The minimum absolute atomic E-state index is 0.101. The Labute approximate surface area is 121 Å². The number of nitrogens with one attached hydrogen (secondary N) is 1. The van der Waals surface area contributed by atoms with Crippen LogP contribution >= 0.6 is 0 Å². The molecule has 0 aliphatic carbocycles. The summed E-state index contributed by atoms with van der Waals surface area (Å²) in [6, 6.07) is 2.83. The van der Waals surface area contributed by atoms with Crippen molar-refractivity contribution in [1.82, 2.24) is 5.32 Å². The highest BCUT2D eigenvalue weighted by atomic mass is 19.4. The lowest BCUT2D eigenvalue weighted by atomic mass is 9.86. The molecule has 2 unspecified atom stereocenters. The van der Waals surface area contributed by atoms with E-state index in [2.05, 4.69) is 5.32 Å². The van der Waals surface area contributed by atoms with Crippen LogP contribution < -0.4 is 5.32 Å². The Hall–Kier alpha value is -1.63. The minimum Gasteiger partial charge on any atom is -0.314 e. The molecule has 0 fully saturated rings. The molecular formula is C14H19F3N2O2. The van der Waals surface area contributed by atoms with Crippen LogP contribution in [0.2, 0.25) is 0 Å². The standard InChI is InChI=1S/C14H19F3N2O2/c1-4-11(9(3)18-5-2)12-7-6-10(19(20)21)8-13(12)14(15,16)17/h6-9,11,18H,4-5H2,1-3H3. The zero-order chi connectivity index (χ0) is 16.2. The molecule has 1 aromatic carbocycles. The van der Waals surface area contributed by atoms with Crippen LogP contribution in [0.15, 0.2) is 18.2 Å². The molecule has 0 spiro atoms. The Morgan fingerprint density at radius 2 is 1.95 bits per heavy atom. The Kier molecular flexibility index (Phi) is 5.71. The summed E-state index contributed by atoms with van der Waals surface area (Å²) in [5, 5.41) is 13.8. The third-order valence-electron chi connectivity index (χ3n) is 3.52. The van der Waals surface area contributed by atoms with Crippen molar-refractivity contribution in [2.45, 2.75) is 45.3 Å². The number of nitro groups is 1. The fourth-order valence-corrected chi connectivity index (χ4v) is 2.53. The Morgan fingerprint density at radius 1 is 1.33 bits per heavy atom. The molecule has 0 saturated carbocycles. The predicted molar refractivity (Wildman–Crippen MR) is 74.3 cm³/mol. The van der Waals surface area contributed by atoms with Crippen LogP contribution in [-0.2, 0) is 6.18 Å². The van der Waals surface area contributed by atoms with Crippen molar-refractivity contribution in [2.75, 3.05) is 6.54 Å². The number of non-ortho nitro benzene ring substituents is 1. The van der Waals surface area contributed by atoms with Gasteiger partial charge in [-0.15, -0.1) is 0 Å². The van der Waals surface area contributed by atoms with Crippen molar-refractivity contribution in [3.05, 3.63) is 39.4 Å². The van der Waals surface area contributed by atoms with Crippen LogP contribution in [0.4, 0.5) is 18.9 Å². The molecule has 2 atom stereocenters. The normalized spacial score (nSPS) is 14.8. The van der Waals surface area contributed by atoms with Crippen molar-refractivity contribution in [3.8, 4) is 0 Å². The topological polar surface area (TPSA) is 55.2 Å². The van der Waals surface area contributed by atoms with Gasteiger partial charge in [0.15, 0.2) is 0 Å². The molecule has 21 heavy (non-hydrogen) atoms. The van der Waals surface area contributed by atoms with E-state index in [4.69, 9.17) is 0 Å². The molecular weight excluding hydrogens is 285 g/mol. The van der Waals surface area contributed by atoms with E-state index in [1.54, 1.807) is 6.92 Å². The average Bonchev–Trinajstić information content (AvgIpc) is 2.38. The molecule has 0 aromatic heterocycles. The maximum atomic E-state index is 13.2. The van der Waals surface area contributed by atoms with Gasteiger partial charge in [-0.1, -0.05) is 19.9 Å². The average molecular weight is 304 g/mol. The highest BCUT2D eigenvalue weighted by molar-refractivity contribution is 5.43. The third kappa shape index (κ3) is 4.17. The maximum absolute atomic E-state index is 13.2. The van der Waals surface area contributed by atoms with Crippen LogP contribution in [0.3, 0.4) is 0 Å². The van der Waals surface area contributed by atoms with Gasteiger partial charge in [0.25, 0.3) is 5.69 Å². The first-order valence-corrected chi connectivity index (χ1v) is 6.81. The molecule has 0 heterocycles. The number of nitrogens with zero attached hydrogens (tertiary/aromatic N) is 1. The summed E-state index contributed by atoms with van der Waals surface area (Å²) in [5.41, 5.74) is -1.37. The smallest absolute Gasteiger partial charge is 0.314 e. The van der Waals surface area contributed by atoms with Gasteiger partial charge in [-0.3, -0.25) is 10.1 Å². The molecule has 1 aromatic rings. The second-order valence-corrected chi connectivity index (χ2v) is 4.89. The summed E-state index contributed by atoms with van der Waals surface area (Å²) < 4.78 is 39.6. The number of hydrogen-bond donors (Lipinski definition) is 1. The van der Waals surface area contributed by atoms with E-state index in [1.165, 1.54) is 6.07 Å². The first-order chi connectivity index (χ1) is 9.72. The van der Waals surface area contributed by atoms with Gasteiger partial charge in [0.2, 0.25) is 0 Å². The van der Waals surface area contributed by atoms with Gasteiger partial charge in [-0.2, -0.15) is 13.2 Å². The summed E-state index contributed by atoms with van der Waals surface area (Å²) in [6.07, 6.45) is -4.10. The summed E-state index contributed by atoms with van der Waals surface area (Å²) in [6.45, 7) is 6.15. The maximum Gasteiger partial charge on any atom is 0.416 e. The molecule has 0 radical (unpaired) electrons. The van der Waals surface area contributed by atoms with Crippen LogP contribution in [0.25, 0.3) is 0 Å². The Bertz CT molecular complexity index is 503. The van der Waals surface area contributed by atoms with E-state index >= 15 is 0 Å². The van der Waals surface area contributed by atoms with Crippen LogP contribution in [0, 0.1) is 10.1 Å². The van der Waals surface area contributed by atoms with Gasteiger partial charge >= 0.3 is 6.18 Å². The lowest BCUT2D eigenvalue weighted by Crippen LogP contribution is -2.32. The van der Waals surface area contributed by atoms with E-state index in [0.29, 0.717) is 19.0 Å². The van der Waals surface area contributed by atoms with Gasteiger partial charge < -0.3 is 5.32 Å². The predicted octanol–water partition coefficient (Wildman–Crippen LogP) is 4.11. The summed E-state index contributed by atoms with van der Waals surface area (Å²) >= 11 is 0. The molecule has 7 heteroatoms. The van der Waals surface area contributed by atoms with Crippen molar-refractivity contribution >= 4 is 5.69 Å². The fraction of sp³-hybridized carbons (Fsp3) is 0.571. The van der Waals surface area contributed by atoms with E-state index < -0.39 is 22.4 Å². The molecule has 118 valence electrons. The first kappa shape index (κ1) is 17.4. The molecule has 4 nitrogen and oxygen atoms in total. The van der Waals surface area contributed by atoms with Gasteiger partial charge in [-0.05, 0) is 31.4 Å². The quantitative estimate of drug-likeness (QED) is 0.635. The summed E-state index contributed by atoms with van der Waals surface area (Å²) in [5.74, 6) is -0.359. The van der Waals surface area contributed by atoms with E-state index in [-0.39, 0.29) is 17.5 Å². The molecule has 0 amide bonds. The zero-order valence-corrected chi connectivity index (χ0v) is 12.2. The van der Waals surface area contributed by atoms with E-state index in [0.717, 1.165) is 6.07 Å². The molecule has 1 rings (SSSR count). The van der Waals surface area contributed by atoms with Gasteiger partial charge in [-0.25, -0.2) is 0 Å². The van der Waals surface area contributed by atoms with Crippen LogP contribution in [-0.4, -0.2) is 17.5 Å². The second kappa shape index (κ2) is 6.89. The largest absolute Gasteiger partial charge is 0.416 e. The minimum atomic E-state index is -4.61. The zero-order valence-electron chi connectivity index (χ0n) is 12.2. The number of alkyl halides is 3. The number of halogens is 3. The first-order valence-electron chi connectivity index (χ1n) is 6.81. The van der Waals surface area contributed by atoms with E-state index in [1.807, 2.05) is 13.8 Å². The number of benzene rings is 1. The van der Waals surface area contributed by atoms with E-state index in [9.17, 15) is 23.3 Å². The Balaban J connectivity index is 3.36. The monoisotopic (exact) mass is 304 g/mol. The van der Waals surface area contributed by atoms with Crippen molar-refractivity contribution < 1.29 is 18.1 Å². The SMILES string of the molecule is CCNC(C)C(CC)c1ccc([N+](=O)[O-])cc1C(F)(F)F. The van der Waals surface area contributed by atoms with Gasteiger partial charge in [0.05, 0.1) is 10.5 Å². The van der Waals surface area contributed by atoms with Crippen LogP contribution in [0.5, 0.6) is 0 Å². The third-order valence-corrected chi connectivity index (χ3v) is 3.52. The lowest BCUT2D eigenvalue weighted by Gasteiger charge is -2.26. The molecule has 0 bridgehead atoms. The Morgan fingerprint density at radius 3 is 2.38 bits per heavy atom. The fourth-order valence-electron chi connectivity index (χ4n) is 2.53. The lowest BCUT2D eigenvalue weighted by molar-refractivity contribution is -0.385. The van der Waals surface area contributed by atoms with Crippen molar-refractivity contribution in [2.24, 2.45) is 0 Å². The molecule has 0 aliphatic rings. The van der Waals surface area contributed by atoms with Crippen LogP contribution in [0.1, 0.15) is 44.2 Å². The molecule has 1 N–H and O–H groups in total. The van der Waals surface area contributed by atoms with Gasteiger partial charge in [0, 0.05) is 18.2 Å². The molecule has 0 saturated heterocycles. The number of likely N-dealkylation sites (N-methyl/N-ethyl adjacent to an activating group) is 1. The highest BCUT2D eigenvalue weighted by Crippen LogP contribution is 2.39. The van der Waals surface area contributed by atoms with Crippen molar-refractivity contribution in [3.63, 3.8) is 0 Å².